The third-order valence-corrected chi connectivity index (χ3v) is 4.92. The van der Waals surface area contributed by atoms with Crippen LogP contribution < -0.4 is 10.4 Å². The summed E-state index contributed by atoms with van der Waals surface area (Å²) in [6.45, 7) is 1.86. The van der Waals surface area contributed by atoms with Gasteiger partial charge < -0.3 is 14.5 Å². The maximum atomic E-state index is 12.4. The molecule has 1 aromatic carbocycles. The maximum Gasteiger partial charge on any atom is 0.340 e. The lowest BCUT2D eigenvalue weighted by Gasteiger charge is -2.17. The standard InChI is InChI=1S/C21H24N6O3/c1-26(2)10-5-8-18(28)27-11-9-15(13-27)30-20-16-7-4-3-6-14(16)12-17(22-20)19-23-21(29)25-24-19/h3-8,12,15H,9-11,13H2,1-2H3,(H2,23,24,25,29)/b8-5+. The lowest BCUT2D eigenvalue weighted by atomic mass is 10.1. The molecule has 0 spiro atoms. The number of likely N-dealkylation sites (tertiary alicyclic amines) is 1. The highest BCUT2D eigenvalue weighted by Gasteiger charge is 2.27. The highest BCUT2D eigenvalue weighted by Crippen LogP contribution is 2.29. The molecule has 9 heteroatoms. The van der Waals surface area contributed by atoms with Crippen LogP contribution in [0.5, 0.6) is 5.88 Å². The number of carbonyl (C=O) groups excluding carboxylic acids is 1. The summed E-state index contributed by atoms with van der Waals surface area (Å²) in [7, 11) is 3.91. The monoisotopic (exact) mass is 408 g/mol. The Hall–Kier alpha value is -3.46. The first-order valence-electron chi connectivity index (χ1n) is 9.81. The molecular formula is C21H24N6O3. The second-order valence-electron chi connectivity index (χ2n) is 7.54. The molecular weight excluding hydrogens is 384 g/mol. The largest absolute Gasteiger partial charge is 0.472 e. The van der Waals surface area contributed by atoms with E-state index in [4.69, 9.17) is 4.74 Å². The zero-order valence-corrected chi connectivity index (χ0v) is 17.0. The molecule has 2 aromatic heterocycles. The van der Waals surface area contributed by atoms with Gasteiger partial charge in [-0.25, -0.2) is 14.9 Å². The molecule has 1 fully saturated rings. The molecule has 9 nitrogen and oxygen atoms in total. The molecule has 1 atom stereocenters. The average molecular weight is 408 g/mol. The van der Waals surface area contributed by atoms with Crippen LogP contribution in [0.1, 0.15) is 6.42 Å². The van der Waals surface area contributed by atoms with Gasteiger partial charge in [0.1, 0.15) is 11.8 Å². The van der Waals surface area contributed by atoms with Gasteiger partial charge in [0.2, 0.25) is 11.8 Å². The number of H-pyrrole nitrogens is 2. The first-order chi connectivity index (χ1) is 14.5. The smallest absolute Gasteiger partial charge is 0.340 e. The second kappa shape index (κ2) is 8.50. The summed E-state index contributed by atoms with van der Waals surface area (Å²) in [6, 6.07) is 9.61. The highest BCUT2D eigenvalue weighted by atomic mass is 16.5. The Kier molecular flexibility index (Phi) is 5.62. The number of rotatable bonds is 6. The average Bonchev–Trinajstić information content (AvgIpc) is 3.37. The van der Waals surface area contributed by atoms with Crippen molar-refractivity contribution in [3.05, 3.63) is 53.0 Å². The fourth-order valence-corrected chi connectivity index (χ4v) is 3.42. The van der Waals surface area contributed by atoms with E-state index in [1.807, 2.05) is 55.4 Å². The number of fused-ring (bicyclic) bond motifs is 1. The van der Waals surface area contributed by atoms with Gasteiger partial charge in [0.05, 0.1) is 6.54 Å². The molecule has 1 aliphatic rings. The predicted molar refractivity (Wildman–Crippen MR) is 113 cm³/mol. The number of nitrogens with zero attached hydrogens (tertiary/aromatic N) is 4. The van der Waals surface area contributed by atoms with Crippen molar-refractivity contribution in [3.63, 3.8) is 0 Å². The molecule has 3 aromatic rings. The SMILES string of the molecule is CN(C)C/C=C/C(=O)N1CCC(Oc2nc(-c3n[nH]c(=O)[nH]3)cc3ccccc23)C1. The third kappa shape index (κ3) is 4.41. The van der Waals surface area contributed by atoms with Crippen LogP contribution in [0.15, 0.2) is 47.3 Å². The molecule has 1 aliphatic heterocycles. The van der Waals surface area contributed by atoms with Gasteiger partial charge in [-0.2, -0.15) is 5.10 Å². The van der Waals surface area contributed by atoms with E-state index in [1.165, 1.54) is 0 Å². The van der Waals surface area contributed by atoms with Gasteiger partial charge in [0.25, 0.3) is 0 Å². The van der Waals surface area contributed by atoms with E-state index in [0.29, 0.717) is 30.5 Å². The molecule has 0 bridgehead atoms. The van der Waals surface area contributed by atoms with Crippen LogP contribution >= 0.6 is 0 Å². The molecule has 1 saturated heterocycles. The molecule has 1 amide bonds. The maximum absolute atomic E-state index is 12.4. The summed E-state index contributed by atoms with van der Waals surface area (Å²) in [5, 5.41) is 8.12. The van der Waals surface area contributed by atoms with E-state index in [-0.39, 0.29) is 12.0 Å². The Morgan fingerprint density at radius 3 is 2.97 bits per heavy atom. The lowest BCUT2D eigenvalue weighted by molar-refractivity contribution is -0.125. The van der Waals surface area contributed by atoms with Crippen LogP contribution in [0.25, 0.3) is 22.3 Å². The number of hydrogen-bond donors (Lipinski definition) is 2. The van der Waals surface area contributed by atoms with Gasteiger partial charge in [-0.05, 0) is 31.6 Å². The van der Waals surface area contributed by atoms with Gasteiger partial charge in [-0.15, -0.1) is 0 Å². The molecule has 0 aliphatic carbocycles. The number of aromatic nitrogens is 4. The second-order valence-corrected chi connectivity index (χ2v) is 7.54. The van der Waals surface area contributed by atoms with E-state index >= 15 is 0 Å². The third-order valence-electron chi connectivity index (χ3n) is 4.92. The number of nitrogens with one attached hydrogen (secondary N) is 2. The molecule has 2 N–H and O–H groups in total. The zero-order valence-electron chi connectivity index (χ0n) is 17.0. The molecule has 4 rings (SSSR count). The molecule has 0 radical (unpaired) electrons. The summed E-state index contributed by atoms with van der Waals surface area (Å²) >= 11 is 0. The van der Waals surface area contributed by atoms with Crippen molar-refractivity contribution in [2.75, 3.05) is 33.7 Å². The number of carbonyl (C=O) groups is 1. The number of benzene rings is 1. The van der Waals surface area contributed by atoms with Crippen molar-refractivity contribution in [3.8, 4) is 17.4 Å². The Bertz CT molecular complexity index is 1130. The Morgan fingerprint density at radius 2 is 2.20 bits per heavy atom. The van der Waals surface area contributed by atoms with E-state index in [0.717, 1.165) is 23.7 Å². The number of pyridine rings is 1. The number of ether oxygens (including phenoxy) is 1. The lowest BCUT2D eigenvalue weighted by Crippen LogP contribution is -2.29. The summed E-state index contributed by atoms with van der Waals surface area (Å²) < 4.78 is 6.21. The number of amides is 1. The van der Waals surface area contributed by atoms with Crippen LogP contribution in [-0.2, 0) is 4.79 Å². The van der Waals surface area contributed by atoms with Gasteiger partial charge in [-0.1, -0.05) is 24.3 Å². The minimum Gasteiger partial charge on any atom is -0.472 e. The quantitative estimate of drug-likeness (QED) is 0.597. The van der Waals surface area contributed by atoms with Crippen molar-refractivity contribution in [1.29, 1.82) is 0 Å². The fourth-order valence-electron chi connectivity index (χ4n) is 3.42. The summed E-state index contributed by atoms with van der Waals surface area (Å²) in [4.78, 5) is 34.8. The summed E-state index contributed by atoms with van der Waals surface area (Å²) in [6.07, 6.45) is 4.05. The molecule has 3 heterocycles. The van der Waals surface area contributed by atoms with Gasteiger partial charge in [0, 0.05) is 31.0 Å². The minimum absolute atomic E-state index is 0.0105. The number of aromatic amines is 2. The topological polar surface area (TPSA) is 107 Å². The van der Waals surface area contributed by atoms with Crippen molar-refractivity contribution in [2.24, 2.45) is 0 Å². The summed E-state index contributed by atoms with van der Waals surface area (Å²) in [5.74, 6) is 0.808. The van der Waals surface area contributed by atoms with E-state index in [1.54, 1.807) is 11.0 Å². The minimum atomic E-state index is -0.394. The van der Waals surface area contributed by atoms with E-state index in [9.17, 15) is 9.59 Å². The van der Waals surface area contributed by atoms with Crippen LogP contribution in [0.3, 0.4) is 0 Å². The predicted octanol–water partition coefficient (Wildman–Crippen LogP) is 1.41. The van der Waals surface area contributed by atoms with Crippen LogP contribution in [0, 0.1) is 0 Å². The summed E-state index contributed by atoms with van der Waals surface area (Å²) in [5.41, 5.74) is 0.120. The Labute approximate surface area is 173 Å². The number of hydrogen-bond acceptors (Lipinski definition) is 6. The van der Waals surface area contributed by atoms with Crippen LogP contribution in [-0.4, -0.2) is 75.7 Å². The fraction of sp³-hybridized carbons (Fsp3) is 0.333. The van der Waals surface area contributed by atoms with E-state index in [2.05, 4.69) is 20.2 Å². The zero-order chi connectivity index (χ0) is 21.1. The van der Waals surface area contributed by atoms with Crippen molar-refractivity contribution >= 4 is 16.7 Å². The highest BCUT2D eigenvalue weighted by molar-refractivity contribution is 5.89. The van der Waals surface area contributed by atoms with Gasteiger partial charge in [0.15, 0.2) is 5.82 Å². The van der Waals surface area contributed by atoms with Crippen molar-refractivity contribution in [1.82, 2.24) is 30.0 Å². The first-order valence-corrected chi connectivity index (χ1v) is 9.81. The van der Waals surface area contributed by atoms with Gasteiger partial charge in [-0.3, -0.25) is 9.78 Å². The van der Waals surface area contributed by atoms with Crippen molar-refractivity contribution < 1.29 is 9.53 Å². The Morgan fingerprint density at radius 1 is 1.37 bits per heavy atom. The van der Waals surface area contributed by atoms with Crippen LogP contribution in [0.2, 0.25) is 0 Å². The first kappa shape index (κ1) is 19.8. The van der Waals surface area contributed by atoms with Gasteiger partial charge >= 0.3 is 5.69 Å². The molecule has 30 heavy (non-hydrogen) atoms. The van der Waals surface area contributed by atoms with Crippen molar-refractivity contribution in [2.45, 2.75) is 12.5 Å². The van der Waals surface area contributed by atoms with Crippen LogP contribution in [0.4, 0.5) is 0 Å². The molecule has 0 saturated carbocycles. The Balaban J connectivity index is 1.53. The number of likely N-dealkylation sites (N-methyl/N-ethyl adjacent to an activating group) is 1. The van der Waals surface area contributed by atoms with E-state index < -0.39 is 5.69 Å². The molecule has 1 unspecified atom stereocenters. The molecule has 156 valence electrons. The normalized spacial score (nSPS) is 16.8.